The summed E-state index contributed by atoms with van der Waals surface area (Å²) >= 11 is 1.24. The van der Waals surface area contributed by atoms with Crippen LogP contribution in [0.2, 0.25) is 0 Å². The Bertz CT molecular complexity index is 1450. The van der Waals surface area contributed by atoms with Crippen LogP contribution in [0.25, 0.3) is 27.5 Å². The van der Waals surface area contributed by atoms with E-state index in [2.05, 4.69) is 25.9 Å². The topological polar surface area (TPSA) is 113 Å². The smallest absolute Gasteiger partial charge is 0.406 e. The maximum Gasteiger partial charge on any atom is 0.406 e. The highest BCUT2D eigenvalue weighted by Crippen LogP contribution is 2.40. The number of thioether (sulfide) groups is 1. The Morgan fingerprint density at radius 2 is 2.17 bits per heavy atom. The number of carbonyl (C=O) groups excluding carboxylic acids is 2. The molecular formula is C23H22F2N6O3S. The molecule has 3 aromatic heterocycles. The predicted octanol–water partition coefficient (Wildman–Crippen LogP) is 4.07. The molecule has 0 aliphatic heterocycles. The summed E-state index contributed by atoms with van der Waals surface area (Å²) < 4.78 is 35.2. The Kier molecular flexibility index (Phi) is 6.05. The molecule has 1 aromatic carbocycles. The van der Waals surface area contributed by atoms with E-state index in [1.165, 1.54) is 18.8 Å². The molecule has 0 radical (unpaired) electrons. The van der Waals surface area contributed by atoms with Gasteiger partial charge in [0.25, 0.3) is 0 Å². The van der Waals surface area contributed by atoms with Gasteiger partial charge >= 0.3 is 6.09 Å². The Labute approximate surface area is 202 Å². The number of benzene rings is 1. The lowest BCUT2D eigenvalue weighted by Gasteiger charge is -2.14. The summed E-state index contributed by atoms with van der Waals surface area (Å²) in [4.78, 5) is 23.7. The minimum absolute atomic E-state index is 0.129. The van der Waals surface area contributed by atoms with Gasteiger partial charge in [-0.15, -0.1) is 11.8 Å². The normalized spacial score (nSPS) is 17.0. The summed E-state index contributed by atoms with van der Waals surface area (Å²) in [6.45, 7) is 1.83. The van der Waals surface area contributed by atoms with Crippen molar-refractivity contribution in [1.29, 1.82) is 0 Å². The first-order valence-corrected chi connectivity index (χ1v) is 11.9. The predicted molar refractivity (Wildman–Crippen MR) is 128 cm³/mol. The summed E-state index contributed by atoms with van der Waals surface area (Å²) in [6.07, 6.45) is 1.99. The molecule has 0 saturated heterocycles. The standard InChI is InChI=1S/C23H22F2N6O3S/c1-11-18(15-10-27-29-20(15)21(19(11)25)35-6-5-34-23(33)26-2)12-3-4-31-13(7-12)8-17(30-31)28-22(32)14-9-16(14)24/h3-4,7-8,10,14,16H,5-6,9H2,1-2H3,(H,26,33)(H,27,29)(H,28,30,32)/t14-,16+/m1/s1. The fourth-order valence-corrected chi connectivity index (χ4v) is 4.91. The van der Waals surface area contributed by atoms with Gasteiger partial charge in [0.05, 0.1) is 28.0 Å². The highest BCUT2D eigenvalue weighted by Gasteiger charge is 2.43. The van der Waals surface area contributed by atoms with Crippen LogP contribution in [0.1, 0.15) is 12.0 Å². The third kappa shape index (κ3) is 4.41. The minimum Gasteiger partial charge on any atom is -0.449 e. The number of fused-ring (bicyclic) bond motifs is 2. The minimum atomic E-state index is -1.08. The van der Waals surface area contributed by atoms with Crippen LogP contribution in [0.5, 0.6) is 0 Å². The number of rotatable bonds is 7. The van der Waals surface area contributed by atoms with E-state index in [0.29, 0.717) is 38.6 Å². The number of anilines is 1. The zero-order valence-electron chi connectivity index (χ0n) is 18.9. The number of amides is 2. The SMILES string of the molecule is CNC(=O)OCCSc1c(F)c(C)c(-c2ccn3nc(NC(=O)[C@@H]4C[C@@H]4F)cc3c2)c2cn[nH]c12. The Morgan fingerprint density at radius 1 is 1.37 bits per heavy atom. The average molecular weight is 501 g/mol. The van der Waals surface area contributed by atoms with Crippen LogP contribution >= 0.6 is 11.8 Å². The van der Waals surface area contributed by atoms with Gasteiger partial charge in [0.15, 0.2) is 5.82 Å². The molecule has 35 heavy (non-hydrogen) atoms. The Balaban J connectivity index is 1.44. The van der Waals surface area contributed by atoms with Crippen LogP contribution in [0.15, 0.2) is 35.5 Å². The molecule has 3 heterocycles. The van der Waals surface area contributed by atoms with Gasteiger partial charge in [-0.05, 0) is 42.2 Å². The quantitative estimate of drug-likeness (QED) is 0.260. The molecule has 1 aliphatic carbocycles. The van der Waals surface area contributed by atoms with Gasteiger partial charge in [0, 0.05) is 30.4 Å². The van der Waals surface area contributed by atoms with E-state index in [-0.39, 0.29) is 24.8 Å². The lowest BCUT2D eigenvalue weighted by molar-refractivity contribution is -0.117. The van der Waals surface area contributed by atoms with Crippen LogP contribution in [-0.2, 0) is 9.53 Å². The van der Waals surface area contributed by atoms with E-state index in [4.69, 9.17) is 4.74 Å². The van der Waals surface area contributed by atoms with E-state index in [0.717, 1.165) is 10.9 Å². The first-order valence-electron chi connectivity index (χ1n) is 10.9. The van der Waals surface area contributed by atoms with Crippen LogP contribution in [0.3, 0.4) is 0 Å². The maximum absolute atomic E-state index is 15.5. The number of aromatic amines is 1. The van der Waals surface area contributed by atoms with Gasteiger partial charge in [-0.25, -0.2) is 18.1 Å². The number of aromatic nitrogens is 4. The molecule has 5 rings (SSSR count). The van der Waals surface area contributed by atoms with Crippen LogP contribution in [0.4, 0.5) is 19.4 Å². The number of nitrogens with zero attached hydrogens (tertiary/aromatic N) is 3. The van der Waals surface area contributed by atoms with E-state index in [1.807, 2.05) is 12.1 Å². The molecule has 2 atom stereocenters. The van der Waals surface area contributed by atoms with Crippen molar-refractivity contribution >= 4 is 46.0 Å². The summed E-state index contributed by atoms with van der Waals surface area (Å²) in [7, 11) is 1.47. The van der Waals surface area contributed by atoms with Crippen molar-refractivity contribution in [3.8, 4) is 11.1 Å². The van der Waals surface area contributed by atoms with Crippen molar-refractivity contribution in [2.24, 2.45) is 5.92 Å². The van der Waals surface area contributed by atoms with Crippen molar-refractivity contribution in [3.63, 3.8) is 0 Å². The molecule has 0 bridgehead atoms. The summed E-state index contributed by atoms with van der Waals surface area (Å²) in [6, 6.07) is 5.34. The number of alkyl carbamates (subject to hydrolysis) is 1. The van der Waals surface area contributed by atoms with Crippen molar-refractivity contribution in [2.45, 2.75) is 24.4 Å². The summed E-state index contributed by atoms with van der Waals surface area (Å²) in [5.74, 6) is -0.672. The number of hydrogen-bond acceptors (Lipinski definition) is 6. The number of halogens is 2. The van der Waals surface area contributed by atoms with Gasteiger partial charge in [-0.2, -0.15) is 10.2 Å². The number of carbonyl (C=O) groups is 2. The van der Waals surface area contributed by atoms with Crippen LogP contribution in [-0.4, -0.2) is 57.4 Å². The lowest BCUT2D eigenvalue weighted by Crippen LogP contribution is -2.20. The van der Waals surface area contributed by atoms with E-state index < -0.39 is 18.2 Å². The van der Waals surface area contributed by atoms with Crippen molar-refractivity contribution in [2.75, 3.05) is 24.7 Å². The fourth-order valence-electron chi connectivity index (χ4n) is 3.96. The van der Waals surface area contributed by atoms with E-state index in [9.17, 15) is 14.0 Å². The van der Waals surface area contributed by atoms with Gasteiger partial charge in [0.1, 0.15) is 18.6 Å². The zero-order chi connectivity index (χ0) is 24.7. The molecule has 12 heteroatoms. The van der Waals surface area contributed by atoms with Gasteiger partial charge in [-0.3, -0.25) is 9.89 Å². The number of hydrogen-bond donors (Lipinski definition) is 3. The molecule has 182 valence electrons. The Morgan fingerprint density at radius 3 is 2.91 bits per heavy atom. The Hall–Kier alpha value is -3.67. The molecule has 0 unspecified atom stereocenters. The molecule has 1 saturated carbocycles. The monoisotopic (exact) mass is 500 g/mol. The largest absolute Gasteiger partial charge is 0.449 e. The van der Waals surface area contributed by atoms with Gasteiger partial charge < -0.3 is 15.4 Å². The second kappa shape index (κ2) is 9.17. The number of ether oxygens (including phenoxy) is 1. The number of nitrogens with one attached hydrogen (secondary N) is 3. The van der Waals surface area contributed by atoms with Crippen molar-refractivity contribution in [3.05, 3.63) is 42.0 Å². The summed E-state index contributed by atoms with van der Waals surface area (Å²) in [5, 5.41) is 17.1. The average Bonchev–Trinajstić information content (AvgIpc) is 3.20. The van der Waals surface area contributed by atoms with Crippen LogP contribution < -0.4 is 10.6 Å². The van der Waals surface area contributed by atoms with Crippen molar-refractivity contribution in [1.82, 2.24) is 25.1 Å². The number of H-pyrrole nitrogens is 1. The second-order valence-electron chi connectivity index (χ2n) is 8.20. The lowest BCUT2D eigenvalue weighted by atomic mass is 9.97. The second-order valence-corrected chi connectivity index (χ2v) is 9.30. The fraction of sp³-hybridized carbons (Fsp3) is 0.304. The third-order valence-corrected chi connectivity index (χ3v) is 6.90. The van der Waals surface area contributed by atoms with Crippen LogP contribution in [0, 0.1) is 18.7 Å². The summed E-state index contributed by atoms with van der Waals surface area (Å²) in [5.41, 5.74) is 3.13. The number of pyridine rings is 1. The molecule has 3 N–H and O–H groups in total. The van der Waals surface area contributed by atoms with Gasteiger partial charge in [-0.1, -0.05) is 0 Å². The molecule has 9 nitrogen and oxygen atoms in total. The number of alkyl halides is 1. The third-order valence-electron chi connectivity index (χ3n) is 5.86. The molecular weight excluding hydrogens is 478 g/mol. The molecule has 4 aromatic rings. The molecule has 1 fully saturated rings. The first kappa shape index (κ1) is 23.1. The van der Waals surface area contributed by atoms with Crippen molar-refractivity contribution < 1.29 is 23.1 Å². The molecule has 0 spiro atoms. The highest BCUT2D eigenvalue weighted by atomic mass is 32.2. The molecule has 1 aliphatic rings. The zero-order valence-corrected chi connectivity index (χ0v) is 19.7. The maximum atomic E-state index is 15.5. The first-order chi connectivity index (χ1) is 16.9. The van der Waals surface area contributed by atoms with Gasteiger partial charge in [0.2, 0.25) is 5.91 Å². The highest BCUT2D eigenvalue weighted by molar-refractivity contribution is 7.99. The van der Waals surface area contributed by atoms with E-state index >= 15 is 4.39 Å². The van der Waals surface area contributed by atoms with E-state index in [1.54, 1.807) is 29.9 Å². The molecule has 2 amide bonds.